The maximum absolute atomic E-state index is 5.57. The molecule has 4 aromatic heterocycles. The Morgan fingerprint density at radius 1 is 0.946 bits per heavy atom. The monoisotopic (exact) mass is 497 g/mol. The van der Waals surface area contributed by atoms with E-state index in [1.54, 1.807) is 0 Å². The van der Waals surface area contributed by atoms with Gasteiger partial charge in [0.05, 0.1) is 42.4 Å². The minimum atomic E-state index is 0.0183. The number of fused-ring (bicyclic) bond motifs is 2. The van der Waals surface area contributed by atoms with Crippen molar-refractivity contribution >= 4 is 11.0 Å². The fourth-order valence-corrected chi connectivity index (χ4v) is 6.83. The van der Waals surface area contributed by atoms with E-state index in [-0.39, 0.29) is 6.04 Å². The number of pyridine rings is 2. The van der Waals surface area contributed by atoms with Gasteiger partial charge in [0, 0.05) is 54.7 Å². The van der Waals surface area contributed by atoms with Crippen LogP contribution in [0.5, 0.6) is 0 Å². The van der Waals surface area contributed by atoms with Crippen LogP contribution in [0.2, 0.25) is 0 Å². The Kier molecular flexibility index (Phi) is 5.62. The second-order valence-corrected chi connectivity index (χ2v) is 11.3. The van der Waals surface area contributed by atoms with Gasteiger partial charge in [0.15, 0.2) is 0 Å². The zero-order chi connectivity index (χ0) is 25.1. The van der Waals surface area contributed by atoms with Gasteiger partial charge in [-0.25, -0.2) is 0 Å². The molecule has 4 aromatic rings. The molecule has 5 heterocycles. The van der Waals surface area contributed by atoms with Crippen molar-refractivity contribution in [2.75, 3.05) is 26.3 Å². The van der Waals surface area contributed by atoms with Crippen molar-refractivity contribution in [3.05, 3.63) is 60.3 Å². The molecular formula is C29H35N7O. The Morgan fingerprint density at radius 3 is 2.49 bits per heavy atom. The van der Waals surface area contributed by atoms with Crippen molar-refractivity contribution in [3.8, 4) is 11.3 Å². The Balaban J connectivity index is 1.17. The molecule has 0 N–H and O–H groups in total. The molecule has 1 saturated heterocycles. The maximum atomic E-state index is 5.57. The standard InChI is InChI=1S/C29H35N7O/c1-18(2)35-28(29-22-13-21(14-23(22)29)34-8-10-37-11-9-34)15-25(33-35)20-12-27-26(31-16-20)17-32-36(27)19(3)24-6-4-5-7-30-24/h4-7,12,15-19,21-23,29H,8-11,13-14H2,1-3H3/t19-,21-,22+,23-,29-/m0/s1. The fourth-order valence-electron chi connectivity index (χ4n) is 6.83. The van der Waals surface area contributed by atoms with Crippen LogP contribution in [0.3, 0.4) is 0 Å². The SMILES string of the molecule is CC(C)n1nc(-c2cnc3cnn([C@@H](C)c4ccccn4)c3c2)cc1[C@H]1[C@@H]2C[C@H](N3CCOCC3)C[C@@H]21. The molecule has 5 atom stereocenters. The van der Waals surface area contributed by atoms with Gasteiger partial charge in [-0.3, -0.25) is 24.2 Å². The highest BCUT2D eigenvalue weighted by atomic mass is 16.5. The molecule has 0 unspecified atom stereocenters. The van der Waals surface area contributed by atoms with E-state index >= 15 is 0 Å². The molecule has 8 heteroatoms. The minimum Gasteiger partial charge on any atom is -0.379 e. The summed E-state index contributed by atoms with van der Waals surface area (Å²) in [6.45, 7) is 10.6. The lowest BCUT2D eigenvalue weighted by atomic mass is 10.0. The second kappa shape index (κ2) is 9.03. The molecule has 2 aliphatic carbocycles. The van der Waals surface area contributed by atoms with E-state index in [0.717, 1.165) is 72.2 Å². The van der Waals surface area contributed by atoms with Crippen LogP contribution >= 0.6 is 0 Å². The summed E-state index contributed by atoms with van der Waals surface area (Å²) >= 11 is 0. The van der Waals surface area contributed by atoms with Crippen molar-refractivity contribution in [2.45, 2.75) is 57.7 Å². The predicted octanol–water partition coefficient (Wildman–Crippen LogP) is 4.70. The molecule has 8 nitrogen and oxygen atoms in total. The van der Waals surface area contributed by atoms with Crippen molar-refractivity contribution in [1.82, 2.24) is 34.4 Å². The largest absolute Gasteiger partial charge is 0.379 e. The first-order valence-electron chi connectivity index (χ1n) is 13.7. The summed E-state index contributed by atoms with van der Waals surface area (Å²) in [5.74, 6) is 2.21. The number of ether oxygens (including phenoxy) is 1. The van der Waals surface area contributed by atoms with E-state index in [4.69, 9.17) is 14.8 Å². The predicted molar refractivity (Wildman–Crippen MR) is 142 cm³/mol. The third kappa shape index (κ3) is 3.97. The van der Waals surface area contributed by atoms with Gasteiger partial charge in [-0.1, -0.05) is 6.07 Å². The van der Waals surface area contributed by atoms with Crippen molar-refractivity contribution in [2.24, 2.45) is 11.8 Å². The number of aromatic nitrogens is 6. The zero-order valence-electron chi connectivity index (χ0n) is 21.9. The van der Waals surface area contributed by atoms with Crippen LogP contribution in [0.15, 0.2) is 48.9 Å². The first kappa shape index (κ1) is 23.0. The minimum absolute atomic E-state index is 0.0183. The van der Waals surface area contributed by atoms with Crippen molar-refractivity contribution in [1.29, 1.82) is 0 Å². The molecule has 37 heavy (non-hydrogen) atoms. The molecule has 192 valence electrons. The maximum Gasteiger partial charge on any atom is 0.108 e. The first-order chi connectivity index (χ1) is 18.1. The summed E-state index contributed by atoms with van der Waals surface area (Å²) < 4.78 is 9.86. The Labute approximate surface area is 217 Å². The van der Waals surface area contributed by atoms with Crippen molar-refractivity contribution in [3.63, 3.8) is 0 Å². The fraction of sp³-hybridized carbons (Fsp3) is 0.517. The average molecular weight is 498 g/mol. The van der Waals surface area contributed by atoms with Gasteiger partial charge >= 0.3 is 0 Å². The number of morpholine rings is 1. The third-order valence-corrected chi connectivity index (χ3v) is 8.80. The molecule has 7 rings (SSSR count). The van der Waals surface area contributed by atoms with Crippen LogP contribution in [0.25, 0.3) is 22.3 Å². The van der Waals surface area contributed by atoms with Gasteiger partial charge in [0.1, 0.15) is 5.52 Å². The lowest BCUT2D eigenvalue weighted by Gasteiger charge is -2.33. The summed E-state index contributed by atoms with van der Waals surface area (Å²) in [6.07, 6.45) is 8.24. The zero-order valence-corrected chi connectivity index (χ0v) is 21.9. The number of hydrogen-bond acceptors (Lipinski definition) is 6. The molecule has 0 bridgehead atoms. The van der Waals surface area contributed by atoms with E-state index in [1.165, 1.54) is 18.5 Å². The van der Waals surface area contributed by atoms with Gasteiger partial charge in [-0.05, 0) is 69.7 Å². The Morgan fingerprint density at radius 2 is 1.76 bits per heavy atom. The molecule has 3 fully saturated rings. The molecule has 0 amide bonds. The summed E-state index contributed by atoms with van der Waals surface area (Å²) in [5, 5.41) is 9.77. The van der Waals surface area contributed by atoms with Crippen LogP contribution in [0, 0.1) is 11.8 Å². The summed E-state index contributed by atoms with van der Waals surface area (Å²) in [4.78, 5) is 11.9. The van der Waals surface area contributed by atoms with E-state index in [2.05, 4.69) is 52.6 Å². The smallest absolute Gasteiger partial charge is 0.108 e. The van der Waals surface area contributed by atoms with Crippen LogP contribution in [-0.4, -0.2) is 66.8 Å². The quantitative estimate of drug-likeness (QED) is 0.384. The third-order valence-electron chi connectivity index (χ3n) is 8.80. The number of rotatable bonds is 6. The molecule has 2 saturated carbocycles. The summed E-state index contributed by atoms with van der Waals surface area (Å²) in [6, 6.07) is 11.6. The summed E-state index contributed by atoms with van der Waals surface area (Å²) in [7, 11) is 0. The molecule has 3 aliphatic rings. The first-order valence-corrected chi connectivity index (χ1v) is 13.7. The second-order valence-electron chi connectivity index (χ2n) is 11.3. The van der Waals surface area contributed by atoms with Gasteiger partial charge in [-0.15, -0.1) is 0 Å². The highest BCUT2D eigenvalue weighted by Crippen LogP contribution is 2.64. The van der Waals surface area contributed by atoms with E-state index in [0.29, 0.717) is 12.0 Å². The lowest BCUT2D eigenvalue weighted by Crippen LogP contribution is -2.43. The van der Waals surface area contributed by atoms with Gasteiger partial charge < -0.3 is 4.74 Å². The van der Waals surface area contributed by atoms with E-state index in [9.17, 15) is 0 Å². The highest BCUT2D eigenvalue weighted by Gasteiger charge is 2.58. The molecule has 0 radical (unpaired) electrons. The lowest BCUT2D eigenvalue weighted by molar-refractivity contribution is 0.0151. The van der Waals surface area contributed by atoms with E-state index < -0.39 is 0 Å². The van der Waals surface area contributed by atoms with Gasteiger partial charge in [-0.2, -0.15) is 10.2 Å². The average Bonchev–Trinajstić information content (AvgIpc) is 3.36. The molecule has 0 aromatic carbocycles. The number of nitrogens with zero attached hydrogens (tertiary/aromatic N) is 7. The summed E-state index contributed by atoms with van der Waals surface area (Å²) in [5.41, 5.74) is 6.33. The topological polar surface area (TPSA) is 73.9 Å². The van der Waals surface area contributed by atoms with Gasteiger partial charge in [0.2, 0.25) is 0 Å². The van der Waals surface area contributed by atoms with Crippen LogP contribution in [0.4, 0.5) is 0 Å². The molecule has 1 aliphatic heterocycles. The Hall–Kier alpha value is -3.10. The van der Waals surface area contributed by atoms with Crippen molar-refractivity contribution < 1.29 is 4.74 Å². The normalized spacial score (nSPS) is 26.6. The van der Waals surface area contributed by atoms with Crippen LogP contribution in [-0.2, 0) is 4.74 Å². The number of hydrogen-bond donors (Lipinski definition) is 0. The van der Waals surface area contributed by atoms with Gasteiger partial charge in [0.25, 0.3) is 0 Å². The molecular weight excluding hydrogens is 462 g/mol. The Bertz CT molecular complexity index is 1390. The van der Waals surface area contributed by atoms with Crippen LogP contribution in [0.1, 0.15) is 63.0 Å². The highest BCUT2D eigenvalue weighted by molar-refractivity contribution is 5.79. The molecule has 0 spiro atoms. The van der Waals surface area contributed by atoms with Crippen LogP contribution < -0.4 is 0 Å². The van der Waals surface area contributed by atoms with E-state index in [1.807, 2.05) is 41.5 Å².